The number of morpholine rings is 1. The van der Waals surface area contributed by atoms with Crippen molar-refractivity contribution in [2.24, 2.45) is 5.73 Å². The number of hydrogen-bond donors (Lipinski definition) is 2. The van der Waals surface area contributed by atoms with Crippen molar-refractivity contribution in [1.29, 1.82) is 0 Å². The second kappa shape index (κ2) is 10.3. The van der Waals surface area contributed by atoms with Crippen LogP contribution in [0.2, 0.25) is 5.02 Å². The Morgan fingerprint density at radius 3 is 2.55 bits per heavy atom. The molecule has 1 aromatic heterocycles. The fourth-order valence-corrected chi connectivity index (χ4v) is 3.58. The molecule has 1 aliphatic heterocycles. The smallest absolute Gasteiger partial charge is 0.255 e. The molecule has 0 radical (unpaired) electrons. The summed E-state index contributed by atoms with van der Waals surface area (Å²) in [5, 5.41) is 3.37. The molecule has 170 valence electrons. The molecule has 8 nitrogen and oxygen atoms in total. The lowest BCUT2D eigenvalue weighted by atomic mass is 10.1. The van der Waals surface area contributed by atoms with Gasteiger partial charge in [-0.25, -0.2) is 0 Å². The number of carbonyl (C=O) groups is 2. The van der Waals surface area contributed by atoms with Crippen LogP contribution in [0.1, 0.15) is 26.3 Å². The third-order valence-electron chi connectivity index (χ3n) is 5.20. The van der Waals surface area contributed by atoms with Gasteiger partial charge in [-0.2, -0.15) is 0 Å². The first-order valence-electron chi connectivity index (χ1n) is 10.4. The molecule has 3 N–H and O–H groups in total. The van der Waals surface area contributed by atoms with Crippen molar-refractivity contribution in [3.8, 4) is 5.75 Å². The molecule has 33 heavy (non-hydrogen) atoms. The van der Waals surface area contributed by atoms with Gasteiger partial charge in [0.05, 0.1) is 25.0 Å². The molecule has 2 aromatic carbocycles. The van der Waals surface area contributed by atoms with E-state index in [-0.39, 0.29) is 18.1 Å². The summed E-state index contributed by atoms with van der Waals surface area (Å²) < 4.78 is 11.1. The van der Waals surface area contributed by atoms with E-state index in [4.69, 9.17) is 26.8 Å². The summed E-state index contributed by atoms with van der Waals surface area (Å²) in [6.07, 6.45) is 2.85. The number of nitrogens with zero attached hydrogens (tertiary/aromatic N) is 2. The monoisotopic (exact) mass is 466 g/mol. The number of pyridine rings is 1. The predicted molar refractivity (Wildman–Crippen MR) is 126 cm³/mol. The van der Waals surface area contributed by atoms with Crippen molar-refractivity contribution >= 4 is 34.8 Å². The highest BCUT2D eigenvalue weighted by Crippen LogP contribution is 2.24. The number of rotatable bonds is 7. The Balaban J connectivity index is 1.40. The Morgan fingerprint density at radius 2 is 1.82 bits per heavy atom. The number of anilines is 2. The Morgan fingerprint density at radius 1 is 1.06 bits per heavy atom. The largest absolute Gasteiger partial charge is 0.487 e. The number of hydrogen-bond acceptors (Lipinski definition) is 6. The number of nitrogens with one attached hydrogen (secondary N) is 1. The summed E-state index contributed by atoms with van der Waals surface area (Å²) in [7, 11) is 0. The summed E-state index contributed by atoms with van der Waals surface area (Å²) in [4.78, 5) is 30.2. The van der Waals surface area contributed by atoms with Gasteiger partial charge >= 0.3 is 0 Å². The van der Waals surface area contributed by atoms with Crippen LogP contribution in [0.25, 0.3) is 0 Å². The summed E-state index contributed by atoms with van der Waals surface area (Å²) in [5.41, 5.74) is 8.39. The molecule has 0 aliphatic carbocycles. The average Bonchev–Trinajstić information content (AvgIpc) is 2.85. The van der Waals surface area contributed by atoms with Crippen molar-refractivity contribution in [3.05, 3.63) is 82.6 Å². The van der Waals surface area contributed by atoms with Gasteiger partial charge in [0.25, 0.3) is 5.91 Å². The van der Waals surface area contributed by atoms with Crippen LogP contribution in [0.3, 0.4) is 0 Å². The normalized spacial score (nSPS) is 13.4. The zero-order chi connectivity index (χ0) is 23.2. The summed E-state index contributed by atoms with van der Waals surface area (Å²) in [5.74, 6) is -0.429. The number of amides is 2. The molecule has 0 atom stereocenters. The van der Waals surface area contributed by atoms with E-state index in [1.807, 2.05) is 12.1 Å². The fraction of sp³-hybridized carbons (Fsp3) is 0.208. The lowest BCUT2D eigenvalue weighted by Gasteiger charge is -2.28. The Kier molecular flexibility index (Phi) is 7.07. The van der Waals surface area contributed by atoms with Crippen molar-refractivity contribution in [3.63, 3.8) is 0 Å². The lowest BCUT2D eigenvalue weighted by molar-refractivity contribution is 0.0997. The molecule has 0 saturated carbocycles. The quantitative estimate of drug-likeness (QED) is 0.552. The zero-order valence-corrected chi connectivity index (χ0v) is 18.5. The molecular formula is C24H23ClN4O4. The van der Waals surface area contributed by atoms with Gasteiger partial charge < -0.3 is 25.4 Å². The van der Waals surface area contributed by atoms with E-state index in [1.54, 1.807) is 30.3 Å². The van der Waals surface area contributed by atoms with Crippen LogP contribution in [-0.2, 0) is 11.3 Å². The van der Waals surface area contributed by atoms with E-state index in [1.165, 1.54) is 18.5 Å². The summed E-state index contributed by atoms with van der Waals surface area (Å²) in [6, 6.07) is 14.2. The van der Waals surface area contributed by atoms with E-state index in [0.29, 0.717) is 40.8 Å². The van der Waals surface area contributed by atoms with Gasteiger partial charge in [0.2, 0.25) is 5.91 Å². The number of primary amides is 1. The molecule has 4 rings (SSSR count). The van der Waals surface area contributed by atoms with E-state index < -0.39 is 5.91 Å². The fourth-order valence-electron chi connectivity index (χ4n) is 3.41. The maximum absolute atomic E-state index is 12.7. The van der Waals surface area contributed by atoms with E-state index in [2.05, 4.69) is 15.2 Å². The molecule has 1 aliphatic rings. The number of halogens is 1. The summed E-state index contributed by atoms with van der Waals surface area (Å²) in [6.45, 7) is 3.21. The molecule has 0 unspecified atom stereocenters. The number of benzene rings is 2. The minimum atomic E-state index is -0.589. The molecule has 1 fully saturated rings. The Labute approximate surface area is 196 Å². The Hall–Kier alpha value is -3.62. The number of nitrogens with two attached hydrogens (primary N) is 1. The number of carbonyl (C=O) groups excluding carboxylic acids is 2. The van der Waals surface area contributed by atoms with Gasteiger partial charge in [-0.3, -0.25) is 14.6 Å². The molecule has 2 amide bonds. The maximum atomic E-state index is 12.7. The van der Waals surface area contributed by atoms with Crippen LogP contribution < -0.4 is 20.7 Å². The summed E-state index contributed by atoms with van der Waals surface area (Å²) >= 11 is 6.29. The SMILES string of the molecule is NC(=O)c1cncc(OCc2cc(NC(=O)c3ccc(N4CCOCC4)cc3)ccc2Cl)c1. The third kappa shape index (κ3) is 5.79. The van der Waals surface area contributed by atoms with Gasteiger partial charge in [-0.05, 0) is 48.5 Å². The first-order valence-corrected chi connectivity index (χ1v) is 10.8. The molecular weight excluding hydrogens is 444 g/mol. The van der Waals surface area contributed by atoms with Crippen LogP contribution in [0, 0.1) is 0 Å². The minimum absolute atomic E-state index is 0.126. The molecule has 1 saturated heterocycles. The maximum Gasteiger partial charge on any atom is 0.255 e. The molecule has 2 heterocycles. The highest BCUT2D eigenvalue weighted by Gasteiger charge is 2.13. The Bertz CT molecular complexity index is 1150. The van der Waals surface area contributed by atoms with Gasteiger partial charge in [-0.1, -0.05) is 11.6 Å². The van der Waals surface area contributed by atoms with Gasteiger partial charge in [-0.15, -0.1) is 0 Å². The van der Waals surface area contributed by atoms with E-state index >= 15 is 0 Å². The molecule has 3 aromatic rings. The van der Waals surface area contributed by atoms with E-state index in [0.717, 1.165) is 18.8 Å². The number of aromatic nitrogens is 1. The first kappa shape index (κ1) is 22.6. The topological polar surface area (TPSA) is 107 Å². The first-order chi connectivity index (χ1) is 16.0. The van der Waals surface area contributed by atoms with Crippen molar-refractivity contribution in [1.82, 2.24) is 4.98 Å². The second-order valence-electron chi connectivity index (χ2n) is 7.47. The predicted octanol–water partition coefficient (Wildman–Crippen LogP) is 3.50. The van der Waals surface area contributed by atoms with Crippen molar-refractivity contribution in [2.75, 3.05) is 36.5 Å². The van der Waals surface area contributed by atoms with Crippen molar-refractivity contribution in [2.45, 2.75) is 6.61 Å². The third-order valence-corrected chi connectivity index (χ3v) is 5.57. The average molecular weight is 467 g/mol. The standard InChI is InChI=1S/C24H23ClN4O4/c25-22-6-3-19(11-18(22)15-33-21-12-17(23(26)30)13-27-14-21)28-24(31)16-1-4-20(5-2-16)29-7-9-32-10-8-29/h1-6,11-14H,7-10,15H2,(H2,26,30)(H,28,31). The van der Waals surface area contributed by atoms with E-state index in [9.17, 15) is 9.59 Å². The number of ether oxygens (including phenoxy) is 2. The lowest BCUT2D eigenvalue weighted by Crippen LogP contribution is -2.36. The zero-order valence-electron chi connectivity index (χ0n) is 17.8. The van der Waals surface area contributed by atoms with Crippen LogP contribution >= 0.6 is 11.6 Å². The highest BCUT2D eigenvalue weighted by molar-refractivity contribution is 6.31. The van der Waals surface area contributed by atoms with Crippen LogP contribution in [0.4, 0.5) is 11.4 Å². The highest BCUT2D eigenvalue weighted by atomic mass is 35.5. The molecule has 0 bridgehead atoms. The molecule has 9 heteroatoms. The van der Waals surface area contributed by atoms with Crippen LogP contribution in [-0.4, -0.2) is 43.1 Å². The van der Waals surface area contributed by atoms with Gasteiger partial charge in [0.15, 0.2) is 0 Å². The molecule has 0 spiro atoms. The van der Waals surface area contributed by atoms with Crippen molar-refractivity contribution < 1.29 is 19.1 Å². The second-order valence-corrected chi connectivity index (χ2v) is 7.88. The van der Waals surface area contributed by atoms with Gasteiger partial charge in [0, 0.05) is 46.8 Å². The van der Waals surface area contributed by atoms with Crippen LogP contribution in [0.5, 0.6) is 5.75 Å². The minimum Gasteiger partial charge on any atom is -0.487 e. The van der Waals surface area contributed by atoms with Gasteiger partial charge in [0.1, 0.15) is 12.4 Å². The van der Waals surface area contributed by atoms with Crippen LogP contribution in [0.15, 0.2) is 60.9 Å².